The minimum Gasteiger partial charge on any atom is -0.493 e. The molecule has 0 bridgehead atoms. The number of aryl methyl sites for hydroxylation is 1. The molecule has 5 heteroatoms. The summed E-state index contributed by atoms with van der Waals surface area (Å²) in [6, 6.07) is 11.8. The van der Waals surface area contributed by atoms with Gasteiger partial charge in [-0.3, -0.25) is 4.79 Å². The normalized spacial score (nSPS) is 11.2. The lowest BCUT2D eigenvalue weighted by atomic mass is 10.2. The number of carbonyl (C=O) groups is 1. The second-order valence-corrected chi connectivity index (χ2v) is 6.46. The largest absolute Gasteiger partial charge is 0.493 e. The Balaban J connectivity index is 1.52. The molecule has 3 rings (SSSR count). The number of para-hydroxylation sites is 1. The van der Waals surface area contributed by atoms with Crippen molar-refractivity contribution in [3.63, 3.8) is 0 Å². The number of amides is 1. The number of nitrogens with zero attached hydrogens (tertiary/aromatic N) is 2. The number of nitrogens with one attached hydrogen (secondary N) is 1. The first-order chi connectivity index (χ1) is 13.2. The maximum Gasteiger partial charge on any atom is 0.244 e. The summed E-state index contributed by atoms with van der Waals surface area (Å²) < 4.78 is 7.70. The number of hydrogen-bond donors (Lipinski definition) is 1. The van der Waals surface area contributed by atoms with Crippen LogP contribution in [0, 0.1) is 6.92 Å². The maximum absolute atomic E-state index is 12.1. The van der Waals surface area contributed by atoms with Crippen LogP contribution in [0.1, 0.15) is 30.2 Å². The predicted octanol–water partition coefficient (Wildman–Crippen LogP) is 3.80. The highest BCUT2D eigenvalue weighted by Crippen LogP contribution is 2.19. The molecule has 1 amide bonds. The molecule has 0 atom stereocenters. The van der Waals surface area contributed by atoms with E-state index in [1.807, 2.05) is 60.1 Å². The molecule has 0 fully saturated rings. The summed E-state index contributed by atoms with van der Waals surface area (Å²) in [5, 5.41) is 2.90. The fourth-order valence-corrected chi connectivity index (χ4v) is 2.76. The smallest absolute Gasteiger partial charge is 0.244 e. The van der Waals surface area contributed by atoms with Gasteiger partial charge in [0, 0.05) is 37.0 Å². The lowest BCUT2D eigenvalue weighted by molar-refractivity contribution is -0.116. The molecule has 2 heterocycles. The summed E-state index contributed by atoms with van der Waals surface area (Å²) in [5.41, 5.74) is 3.97. The Morgan fingerprint density at radius 2 is 2.15 bits per heavy atom. The zero-order valence-corrected chi connectivity index (χ0v) is 15.8. The number of pyridine rings is 1. The fourth-order valence-electron chi connectivity index (χ4n) is 2.76. The van der Waals surface area contributed by atoms with Crippen LogP contribution in [0.2, 0.25) is 0 Å². The first-order valence-corrected chi connectivity index (χ1v) is 9.27. The Labute approximate surface area is 159 Å². The van der Waals surface area contributed by atoms with Crippen molar-refractivity contribution in [2.45, 2.75) is 26.7 Å². The van der Waals surface area contributed by atoms with Crippen molar-refractivity contribution in [1.29, 1.82) is 0 Å². The van der Waals surface area contributed by atoms with Crippen LogP contribution in [0.5, 0.6) is 5.75 Å². The number of rotatable bonds is 8. The van der Waals surface area contributed by atoms with E-state index in [4.69, 9.17) is 4.74 Å². The number of ether oxygens (including phenoxy) is 1. The van der Waals surface area contributed by atoms with E-state index in [-0.39, 0.29) is 5.91 Å². The van der Waals surface area contributed by atoms with Crippen LogP contribution in [0.25, 0.3) is 11.7 Å². The third-order valence-electron chi connectivity index (χ3n) is 4.14. The Kier molecular flexibility index (Phi) is 6.26. The Morgan fingerprint density at radius 3 is 3.00 bits per heavy atom. The first kappa shape index (κ1) is 18.7. The van der Waals surface area contributed by atoms with E-state index >= 15 is 0 Å². The second kappa shape index (κ2) is 9.03. The van der Waals surface area contributed by atoms with Crippen molar-refractivity contribution in [3.05, 3.63) is 71.7 Å². The van der Waals surface area contributed by atoms with Gasteiger partial charge in [-0.05, 0) is 43.2 Å². The summed E-state index contributed by atoms with van der Waals surface area (Å²) >= 11 is 0. The van der Waals surface area contributed by atoms with Gasteiger partial charge in [0.2, 0.25) is 5.91 Å². The van der Waals surface area contributed by atoms with Gasteiger partial charge in [0.05, 0.1) is 12.3 Å². The fraction of sp³-hybridized carbons (Fsp3) is 0.273. The molecule has 0 saturated carbocycles. The Hall–Kier alpha value is -3.08. The monoisotopic (exact) mass is 363 g/mol. The van der Waals surface area contributed by atoms with Crippen molar-refractivity contribution in [2.75, 3.05) is 13.2 Å². The van der Waals surface area contributed by atoms with Gasteiger partial charge in [0.25, 0.3) is 0 Å². The molecule has 27 heavy (non-hydrogen) atoms. The highest BCUT2D eigenvalue weighted by molar-refractivity contribution is 5.92. The molecule has 0 spiro atoms. The quantitative estimate of drug-likeness (QED) is 0.619. The molecule has 2 aromatic heterocycles. The number of hydrogen-bond acceptors (Lipinski definition) is 3. The molecular weight excluding hydrogens is 338 g/mol. The first-order valence-electron chi connectivity index (χ1n) is 9.27. The van der Waals surface area contributed by atoms with Crippen molar-refractivity contribution >= 4 is 17.6 Å². The zero-order valence-electron chi connectivity index (χ0n) is 15.8. The van der Waals surface area contributed by atoms with Gasteiger partial charge in [-0.25, -0.2) is 4.98 Å². The number of carbonyl (C=O) groups excluding carboxylic acids is 1. The lowest BCUT2D eigenvalue weighted by Gasteiger charge is -2.07. The molecule has 1 N–H and O–H groups in total. The van der Waals surface area contributed by atoms with Gasteiger partial charge in [-0.15, -0.1) is 0 Å². The van der Waals surface area contributed by atoms with Gasteiger partial charge < -0.3 is 14.5 Å². The molecule has 140 valence electrons. The topological polar surface area (TPSA) is 55.6 Å². The molecule has 0 aliphatic rings. The zero-order chi connectivity index (χ0) is 19.1. The van der Waals surface area contributed by atoms with Crippen LogP contribution in [0.3, 0.4) is 0 Å². The molecule has 3 aromatic rings. The van der Waals surface area contributed by atoms with Crippen LogP contribution in [-0.4, -0.2) is 28.4 Å². The van der Waals surface area contributed by atoms with Crippen molar-refractivity contribution in [3.8, 4) is 5.75 Å². The third kappa shape index (κ3) is 5.20. The molecular formula is C22H25N3O2. The molecule has 5 nitrogen and oxygen atoms in total. The molecule has 0 aliphatic carbocycles. The highest BCUT2D eigenvalue weighted by atomic mass is 16.5. The predicted molar refractivity (Wildman–Crippen MR) is 108 cm³/mol. The minimum atomic E-state index is -0.125. The van der Waals surface area contributed by atoms with E-state index in [0.29, 0.717) is 19.6 Å². The van der Waals surface area contributed by atoms with Crippen LogP contribution < -0.4 is 10.1 Å². The van der Waals surface area contributed by atoms with Crippen LogP contribution in [0.15, 0.2) is 54.9 Å². The summed E-state index contributed by atoms with van der Waals surface area (Å²) in [6.07, 6.45) is 8.96. The molecule has 0 unspecified atom stereocenters. The molecule has 0 aliphatic heterocycles. The number of fused-ring (bicyclic) bond motifs is 1. The average molecular weight is 363 g/mol. The SMILES string of the molecule is CCCOc1ccccc1/C=C/C(=O)NCCc1cn2ccc(C)cc2n1. The van der Waals surface area contributed by atoms with Crippen molar-refractivity contribution < 1.29 is 9.53 Å². The van der Waals surface area contributed by atoms with Crippen LogP contribution in [0.4, 0.5) is 0 Å². The van der Waals surface area contributed by atoms with E-state index in [1.54, 1.807) is 12.2 Å². The molecule has 1 aromatic carbocycles. The van der Waals surface area contributed by atoms with Gasteiger partial charge in [-0.2, -0.15) is 0 Å². The van der Waals surface area contributed by atoms with Crippen molar-refractivity contribution in [1.82, 2.24) is 14.7 Å². The number of benzene rings is 1. The second-order valence-electron chi connectivity index (χ2n) is 6.46. The lowest BCUT2D eigenvalue weighted by Crippen LogP contribution is -2.23. The van der Waals surface area contributed by atoms with E-state index in [1.165, 1.54) is 5.56 Å². The summed E-state index contributed by atoms with van der Waals surface area (Å²) in [4.78, 5) is 16.7. The van der Waals surface area contributed by atoms with E-state index in [0.717, 1.165) is 29.1 Å². The standard InChI is InChI=1S/C22H25N3O2/c1-3-14-27-20-7-5-4-6-18(20)8-9-22(26)23-12-10-19-16-25-13-11-17(2)15-21(25)24-19/h4-9,11,13,15-16H,3,10,12,14H2,1-2H3,(H,23,26)/b9-8+. The Bertz CT molecular complexity index is 944. The van der Waals surface area contributed by atoms with E-state index in [2.05, 4.69) is 17.2 Å². The maximum atomic E-state index is 12.1. The number of imidazole rings is 1. The molecule has 0 radical (unpaired) electrons. The van der Waals surface area contributed by atoms with Crippen LogP contribution >= 0.6 is 0 Å². The highest BCUT2D eigenvalue weighted by Gasteiger charge is 2.04. The van der Waals surface area contributed by atoms with Crippen LogP contribution in [-0.2, 0) is 11.2 Å². The average Bonchev–Trinajstić information content (AvgIpc) is 3.07. The van der Waals surface area contributed by atoms with Crippen molar-refractivity contribution in [2.24, 2.45) is 0 Å². The number of aromatic nitrogens is 2. The van der Waals surface area contributed by atoms with Gasteiger partial charge in [0.1, 0.15) is 11.4 Å². The Morgan fingerprint density at radius 1 is 1.30 bits per heavy atom. The van der Waals surface area contributed by atoms with Gasteiger partial charge in [-0.1, -0.05) is 25.1 Å². The minimum absolute atomic E-state index is 0.125. The third-order valence-corrected chi connectivity index (χ3v) is 4.14. The summed E-state index contributed by atoms with van der Waals surface area (Å²) in [7, 11) is 0. The van der Waals surface area contributed by atoms with Gasteiger partial charge >= 0.3 is 0 Å². The summed E-state index contributed by atoms with van der Waals surface area (Å²) in [6.45, 7) is 5.32. The molecule has 0 saturated heterocycles. The van der Waals surface area contributed by atoms with Gasteiger partial charge in [0.15, 0.2) is 0 Å². The van der Waals surface area contributed by atoms with E-state index in [9.17, 15) is 4.79 Å². The van der Waals surface area contributed by atoms with E-state index < -0.39 is 0 Å². The summed E-state index contributed by atoms with van der Waals surface area (Å²) in [5.74, 6) is 0.670.